The van der Waals surface area contributed by atoms with Crippen molar-refractivity contribution in [3.05, 3.63) is 22.7 Å². The number of aromatic nitrogens is 2. The second-order valence-electron chi connectivity index (χ2n) is 11.3. The van der Waals surface area contributed by atoms with Gasteiger partial charge < -0.3 is 25.4 Å². The Morgan fingerprint density at radius 3 is 1.82 bits per heavy atom. The van der Waals surface area contributed by atoms with Crippen molar-refractivity contribution in [2.75, 3.05) is 12.3 Å². The van der Waals surface area contributed by atoms with Crippen molar-refractivity contribution in [1.29, 1.82) is 0 Å². The van der Waals surface area contributed by atoms with Gasteiger partial charge in [-0.05, 0) is 12.5 Å². The van der Waals surface area contributed by atoms with Gasteiger partial charge in [0.15, 0.2) is 12.3 Å². The fraction of sp³-hybridized carbons (Fsp3) is 0.839. The molecule has 1 aromatic rings. The zero-order valence-corrected chi connectivity index (χ0v) is 24.8. The van der Waals surface area contributed by atoms with Gasteiger partial charge in [-0.1, -0.05) is 122 Å². The Balaban J connectivity index is 1.45. The van der Waals surface area contributed by atoms with Crippen LogP contribution in [0.15, 0.2) is 17.1 Å². The number of hydrogen-bond donors (Lipinski definition) is 3. The minimum absolute atomic E-state index is 0.0509. The Morgan fingerprint density at radius 2 is 1.38 bits per heavy atom. The molecule has 2 rings (SSSR count). The highest BCUT2D eigenvalue weighted by Gasteiger charge is 2.47. The molecule has 0 spiro atoms. The first-order valence-corrected chi connectivity index (χ1v) is 16.0. The van der Waals surface area contributed by atoms with Crippen molar-refractivity contribution >= 4 is 11.8 Å². The molecule has 0 radical (unpaired) electrons. The van der Waals surface area contributed by atoms with Crippen LogP contribution in [-0.2, 0) is 14.3 Å². The second kappa shape index (κ2) is 20.8. The van der Waals surface area contributed by atoms with Crippen LogP contribution in [-0.4, -0.2) is 50.7 Å². The van der Waals surface area contributed by atoms with E-state index >= 15 is 0 Å². The lowest BCUT2D eigenvalue weighted by atomic mass is 10.0. The topological polar surface area (TPSA) is 137 Å². The molecule has 1 aliphatic heterocycles. The highest BCUT2D eigenvalue weighted by Crippen LogP contribution is 2.31. The summed E-state index contributed by atoms with van der Waals surface area (Å²) in [6.45, 7) is 1.81. The summed E-state index contributed by atoms with van der Waals surface area (Å²) in [7, 11) is 0. The van der Waals surface area contributed by atoms with Crippen LogP contribution in [0.1, 0.15) is 142 Å². The molecule has 2 heterocycles. The molecule has 4 N–H and O–H groups in total. The van der Waals surface area contributed by atoms with Crippen LogP contribution in [0.25, 0.3) is 0 Å². The molecule has 1 aliphatic rings. The van der Waals surface area contributed by atoms with Gasteiger partial charge in [0, 0.05) is 12.6 Å². The summed E-state index contributed by atoms with van der Waals surface area (Å²) >= 11 is 0. The molecule has 0 unspecified atom stereocenters. The molecule has 4 atom stereocenters. The Hall–Kier alpha value is -1.97. The van der Waals surface area contributed by atoms with E-state index in [0.717, 1.165) is 23.8 Å². The summed E-state index contributed by atoms with van der Waals surface area (Å²) in [5.41, 5.74) is 4.82. The van der Waals surface area contributed by atoms with E-state index in [9.17, 15) is 19.8 Å². The largest absolute Gasteiger partial charge is 0.457 e. The van der Waals surface area contributed by atoms with Gasteiger partial charge in [-0.3, -0.25) is 9.36 Å². The Bertz CT molecular complexity index is 864. The lowest BCUT2D eigenvalue weighted by Crippen LogP contribution is -2.39. The van der Waals surface area contributed by atoms with Crippen molar-refractivity contribution in [3.63, 3.8) is 0 Å². The van der Waals surface area contributed by atoms with Gasteiger partial charge in [-0.25, -0.2) is 4.79 Å². The first-order chi connectivity index (χ1) is 19.5. The summed E-state index contributed by atoms with van der Waals surface area (Å²) in [5, 5.41) is 20.3. The minimum Gasteiger partial charge on any atom is -0.457 e. The summed E-state index contributed by atoms with van der Waals surface area (Å²) < 4.78 is 12.1. The number of carbonyl (C=O) groups excluding carboxylic acids is 1. The smallest absolute Gasteiger partial charge is 0.351 e. The van der Waals surface area contributed by atoms with Crippen LogP contribution >= 0.6 is 0 Å². The van der Waals surface area contributed by atoms with Crippen LogP contribution in [0.4, 0.5) is 5.82 Å². The maximum Gasteiger partial charge on any atom is 0.351 e. The monoisotopic (exact) mass is 565 g/mol. The molecular weight excluding hydrogens is 510 g/mol. The van der Waals surface area contributed by atoms with Crippen molar-refractivity contribution in [3.8, 4) is 0 Å². The quantitative estimate of drug-likeness (QED) is 0.112. The van der Waals surface area contributed by atoms with E-state index in [1.807, 2.05) is 0 Å². The second-order valence-corrected chi connectivity index (χ2v) is 11.3. The number of aliphatic hydroxyl groups is 2. The van der Waals surface area contributed by atoms with E-state index < -0.39 is 42.8 Å². The highest BCUT2D eigenvalue weighted by molar-refractivity contribution is 5.69. The molecule has 0 aromatic carbocycles. The Labute approximate surface area is 240 Å². The van der Waals surface area contributed by atoms with E-state index in [-0.39, 0.29) is 12.2 Å². The van der Waals surface area contributed by atoms with Crippen molar-refractivity contribution in [1.82, 2.24) is 9.55 Å². The Kier molecular flexibility index (Phi) is 17.8. The van der Waals surface area contributed by atoms with Crippen molar-refractivity contribution in [2.24, 2.45) is 0 Å². The summed E-state index contributed by atoms with van der Waals surface area (Å²) in [4.78, 5) is 28.1. The number of aliphatic hydroxyl groups excluding tert-OH is 2. The highest BCUT2D eigenvalue weighted by atomic mass is 16.6. The third-order valence-corrected chi connectivity index (χ3v) is 7.87. The third kappa shape index (κ3) is 13.1. The average Bonchev–Trinajstić information content (AvgIpc) is 3.24. The molecule has 40 heavy (non-hydrogen) atoms. The number of nitrogens with zero attached hydrogens (tertiary/aromatic N) is 2. The molecule has 0 saturated carbocycles. The van der Waals surface area contributed by atoms with Crippen molar-refractivity contribution < 1.29 is 24.5 Å². The molecule has 9 heteroatoms. The molecule has 1 fully saturated rings. The van der Waals surface area contributed by atoms with E-state index in [1.165, 1.54) is 115 Å². The standard InChI is InChI=1S/C31H55N3O6/c1-2-3-4-5-6-7-8-9-10-11-12-13-14-15-16-17-18-19-20-21-27(36)40-29-25(24-35)39-30(28(29)37)34-23-22-26(32)33-31(34)38/h22-23,25,28-30,35,37H,2-21,24H2,1H3,(H2,32,33,38)/t25-,28+,29-,30-/m1/s1. The fourth-order valence-electron chi connectivity index (χ4n) is 5.42. The molecule has 230 valence electrons. The van der Waals surface area contributed by atoms with Gasteiger partial charge in [0.25, 0.3) is 0 Å². The van der Waals surface area contributed by atoms with Crippen LogP contribution in [0.5, 0.6) is 0 Å². The van der Waals surface area contributed by atoms with E-state index in [2.05, 4.69) is 11.9 Å². The SMILES string of the molecule is CCCCCCCCCCCCCCCCCCCCCC(=O)O[C@H]1[C@H](O)[C@H](n2ccc(N)nc2=O)O[C@@H]1CO. The number of anilines is 1. The minimum atomic E-state index is -1.31. The number of hydrogen-bond acceptors (Lipinski definition) is 8. The van der Waals surface area contributed by atoms with Crippen molar-refractivity contribution in [2.45, 2.75) is 160 Å². The molecular formula is C31H55N3O6. The fourth-order valence-corrected chi connectivity index (χ4v) is 5.42. The van der Waals surface area contributed by atoms with Gasteiger partial charge in [0.1, 0.15) is 18.0 Å². The number of esters is 1. The zero-order chi connectivity index (χ0) is 29.0. The summed E-state index contributed by atoms with van der Waals surface area (Å²) in [6, 6.07) is 1.41. The predicted molar refractivity (Wildman–Crippen MR) is 158 cm³/mol. The molecule has 0 aliphatic carbocycles. The predicted octanol–water partition coefficient (Wildman–Crippen LogP) is 5.81. The molecule has 0 bridgehead atoms. The molecule has 9 nitrogen and oxygen atoms in total. The number of carbonyl (C=O) groups is 1. The van der Waals surface area contributed by atoms with Gasteiger partial charge in [-0.15, -0.1) is 0 Å². The van der Waals surface area contributed by atoms with Crippen LogP contribution in [0.2, 0.25) is 0 Å². The maximum absolute atomic E-state index is 12.4. The number of nitrogen functional groups attached to an aromatic ring is 1. The summed E-state index contributed by atoms with van der Waals surface area (Å²) in [6.07, 6.45) is 21.7. The van der Waals surface area contributed by atoms with Gasteiger partial charge in [0.2, 0.25) is 0 Å². The van der Waals surface area contributed by atoms with E-state index in [0.29, 0.717) is 0 Å². The summed E-state index contributed by atoms with van der Waals surface area (Å²) in [5.74, 6) is -0.392. The Morgan fingerprint density at radius 1 is 0.900 bits per heavy atom. The van der Waals surface area contributed by atoms with Crippen LogP contribution in [0.3, 0.4) is 0 Å². The lowest BCUT2D eigenvalue weighted by molar-refractivity contribution is -0.156. The zero-order valence-electron chi connectivity index (χ0n) is 24.8. The number of rotatable bonds is 23. The molecule has 1 saturated heterocycles. The van der Waals surface area contributed by atoms with Crippen LogP contribution in [0, 0.1) is 0 Å². The normalized spacial score (nSPS) is 20.7. The van der Waals surface area contributed by atoms with Crippen LogP contribution < -0.4 is 11.4 Å². The third-order valence-electron chi connectivity index (χ3n) is 7.87. The van der Waals surface area contributed by atoms with Gasteiger partial charge in [0.05, 0.1) is 6.61 Å². The van der Waals surface area contributed by atoms with E-state index in [1.54, 1.807) is 0 Å². The maximum atomic E-state index is 12.4. The number of nitrogens with two attached hydrogens (primary N) is 1. The number of ether oxygens (including phenoxy) is 2. The molecule has 1 aromatic heterocycles. The first kappa shape index (κ1) is 34.2. The van der Waals surface area contributed by atoms with Gasteiger partial charge >= 0.3 is 11.7 Å². The lowest BCUT2D eigenvalue weighted by Gasteiger charge is -2.20. The first-order valence-electron chi connectivity index (χ1n) is 16.0. The average molecular weight is 566 g/mol. The number of unbranched alkanes of at least 4 members (excludes halogenated alkanes) is 18. The molecule has 0 amide bonds. The van der Waals surface area contributed by atoms with Gasteiger partial charge in [-0.2, -0.15) is 4.98 Å². The van der Waals surface area contributed by atoms with E-state index in [4.69, 9.17) is 15.2 Å².